The van der Waals surface area contributed by atoms with Gasteiger partial charge in [0.25, 0.3) is 0 Å². The molecule has 0 radical (unpaired) electrons. The molecule has 0 saturated carbocycles. The number of rotatable bonds is 4. The molecule has 2 aromatic heterocycles. The van der Waals surface area contributed by atoms with E-state index < -0.39 is 0 Å². The summed E-state index contributed by atoms with van der Waals surface area (Å²) in [5.41, 5.74) is 7.18. The Morgan fingerprint density at radius 2 is 0.974 bits per heavy atom. The second-order valence-electron chi connectivity index (χ2n) is 9.33. The van der Waals surface area contributed by atoms with Crippen molar-refractivity contribution < 1.29 is 0 Å². The van der Waals surface area contributed by atoms with Crippen LogP contribution in [-0.4, -0.2) is 15.0 Å². The van der Waals surface area contributed by atoms with Crippen LogP contribution in [0.5, 0.6) is 0 Å². The third-order valence-electron chi connectivity index (χ3n) is 7.00. The predicted octanol–water partition coefficient (Wildman–Crippen LogP) is 8.85. The average Bonchev–Trinajstić information content (AvgIpc) is 3.01. The number of aromatic nitrogens is 3. The minimum atomic E-state index is 0.705. The van der Waals surface area contributed by atoms with E-state index in [1.54, 1.807) is 6.20 Å². The summed E-state index contributed by atoms with van der Waals surface area (Å²) < 4.78 is 0. The first-order valence-electron chi connectivity index (χ1n) is 12.7. The number of hydrogen-bond donors (Lipinski definition) is 0. The largest absolute Gasteiger partial charge is 0.264 e. The van der Waals surface area contributed by atoms with E-state index in [9.17, 15) is 0 Å². The molecule has 5 aromatic carbocycles. The molecular formula is C35H23N3. The maximum atomic E-state index is 5.11. The SMILES string of the molecule is c1cncc(-c2ccc(-c3nc(-c4cccc5ccccc45)cc(-c4cccc5ccccc45)n3)cc2)c1. The number of nitrogens with zero attached hydrogens (tertiary/aromatic N) is 3. The smallest absolute Gasteiger partial charge is 0.160 e. The van der Waals surface area contributed by atoms with Crippen molar-refractivity contribution in [3.8, 4) is 45.0 Å². The van der Waals surface area contributed by atoms with Gasteiger partial charge in [0.1, 0.15) is 0 Å². The van der Waals surface area contributed by atoms with Gasteiger partial charge in [0.15, 0.2) is 5.82 Å². The third kappa shape index (κ3) is 4.00. The molecule has 0 bridgehead atoms. The van der Waals surface area contributed by atoms with Crippen molar-refractivity contribution in [2.24, 2.45) is 0 Å². The average molecular weight is 486 g/mol. The summed E-state index contributed by atoms with van der Waals surface area (Å²) in [6, 6.07) is 44.2. The van der Waals surface area contributed by atoms with Crippen molar-refractivity contribution in [2.45, 2.75) is 0 Å². The molecule has 2 heterocycles. The van der Waals surface area contributed by atoms with Gasteiger partial charge in [-0.1, -0.05) is 115 Å². The van der Waals surface area contributed by atoms with E-state index in [1.807, 2.05) is 12.3 Å². The Morgan fingerprint density at radius 3 is 1.55 bits per heavy atom. The molecule has 7 aromatic rings. The van der Waals surface area contributed by atoms with E-state index in [0.717, 1.165) is 39.2 Å². The number of fused-ring (bicyclic) bond motifs is 2. The minimum Gasteiger partial charge on any atom is -0.264 e. The monoisotopic (exact) mass is 485 g/mol. The second-order valence-corrected chi connectivity index (χ2v) is 9.33. The van der Waals surface area contributed by atoms with Crippen LogP contribution in [0, 0.1) is 0 Å². The Labute approximate surface area is 221 Å². The lowest BCUT2D eigenvalue weighted by molar-refractivity contribution is 1.19. The van der Waals surface area contributed by atoms with Crippen molar-refractivity contribution >= 4 is 21.5 Å². The topological polar surface area (TPSA) is 38.7 Å². The summed E-state index contributed by atoms with van der Waals surface area (Å²) in [4.78, 5) is 14.5. The summed E-state index contributed by atoms with van der Waals surface area (Å²) in [7, 11) is 0. The first-order chi connectivity index (χ1) is 18.8. The molecule has 7 rings (SSSR count). The zero-order valence-electron chi connectivity index (χ0n) is 20.6. The molecule has 0 atom stereocenters. The maximum Gasteiger partial charge on any atom is 0.160 e. The zero-order chi connectivity index (χ0) is 25.3. The van der Waals surface area contributed by atoms with Crippen molar-refractivity contribution in [1.82, 2.24) is 15.0 Å². The Kier molecular flexibility index (Phi) is 5.45. The van der Waals surface area contributed by atoms with Crippen molar-refractivity contribution in [3.63, 3.8) is 0 Å². The van der Waals surface area contributed by atoms with Gasteiger partial charge in [-0.15, -0.1) is 0 Å². The molecule has 0 saturated heterocycles. The molecule has 0 aliphatic heterocycles. The van der Waals surface area contributed by atoms with E-state index in [4.69, 9.17) is 9.97 Å². The molecule has 0 spiro atoms. The molecule has 3 nitrogen and oxygen atoms in total. The lowest BCUT2D eigenvalue weighted by Crippen LogP contribution is -1.97. The molecule has 3 heteroatoms. The number of hydrogen-bond acceptors (Lipinski definition) is 3. The van der Waals surface area contributed by atoms with E-state index in [2.05, 4.69) is 126 Å². The fourth-order valence-corrected chi connectivity index (χ4v) is 5.10. The van der Waals surface area contributed by atoms with Gasteiger partial charge in [0.2, 0.25) is 0 Å². The van der Waals surface area contributed by atoms with Gasteiger partial charge in [-0.25, -0.2) is 9.97 Å². The van der Waals surface area contributed by atoms with Crippen LogP contribution in [0.15, 0.2) is 140 Å². The molecule has 0 unspecified atom stereocenters. The first-order valence-corrected chi connectivity index (χ1v) is 12.7. The molecule has 0 aliphatic rings. The van der Waals surface area contributed by atoms with E-state index in [-0.39, 0.29) is 0 Å². The van der Waals surface area contributed by atoms with Crippen LogP contribution in [0.4, 0.5) is 0 Å². The third-order valence-corrected chi connectivity index (χ3v) is 7.00. The van der Waals surface area contributed by atoms with Gasteiger partial charge in [-0.2, -0.15) is 0 Å². The highest BCUT2D eigenvalue weighted by Gasteiger charge is 2.14. The van der Waals surface area contributed by atoms with E-state index in [1.165, 1.54) is 21.5 Å². The highest BCUT2D eigenvalue weighted by molar-refractivity contribution is 5.99. The fraction of sp³-hybridized carbons (Fsp3) is 0. The van der Waals surface area contributed by atoms with Crippen LogP contribution >= 0.6 is 0 Å². The van der Waals surface area contributed by atoms with Gasteiger partial charge in [-0.3, -0.25) is 4.98 Å². The number of pyridine rings is 1. The fourth-order valence-electron chi connectivity index (χ4n) is 5.10. The Morgan fingerprint density at radius 1 is 0.421 bits per heavy atom. The molecule has 0 N–H and O–H groups in total. The van der Waals surface area contributed by atoms with Crippen molar-refractivity contribution in [1.29, 1.82) is 0 Å². The molecule has 0 amide bonds. The molecule has 38 heavy (non-hydrogen) atoms. The van der Waals surface area contributed by atoms with Crippen LogP contribution in [-0.2, 0) is 0 Å². The minimum absolute atomic E-state index is 0.705. The van der Waals surface area contributed by atoms with Gasteiger partial charge >= 0.3 is 0 Å². The number of benzene rings is 5. The van der Waals surface area contributed by atoms with Gasteiger partial charge in [0, 0.05) is 29.1 Å². The molecule has 0 aliphatic carbocycles. The van der Waals surface area contributed by atoms with Gasteiger partial charge in [0.05, 0.1) is 11.4 Å². The molecule has 0 fully saturated rings. The predicted molar refractivity (Wildman–Crippen MR) is 157 cm³/mol. The van der Waals surface area contributed by atoms with Crippen LogP contribution in [0.1, 0.15) is 0 Å². The van der Waals surface area contributed by atoms with Crippen molar-refractivity contribution in [3.05, 3.63) is 140 Å². The second kappa shape index (κ2) is 9.38. The normalized spacial score (nSPS) is 11.2. The summed E-state index contributed by atoms with van der Waals surface area (Å²) in [5, 5.41) is 4.74. The summed E-state index contributed by atoms with van der Waals surface area (Å²) in [5.74, 6) is 0.705. The van der Waals surface area contributed by atoms with Crippen LogP contribution in [0.25, 0.3) is 66.6 Å². The standard InChI is InChI=1S/C35H23N3/c1-3-13-29-25(8-1)10-5-15-31(29)33-22-34(32-16-6-11-26-9-2-4-14-30(26)32)38-35(37-33)27-19-17-24(18-20-27)28-12-7-21-36-23-28/h1-23H. The molecular weight excluding hydrogens is 462 g/mol. The summed E-state index contributed by atoms with van der Waals surface area (Å²) >= 11 is 0. The zero-order valence-corrected chi connectivity index (χ0v) is 20.6. The molecule has 178 valence electrons. The van der Waals surface area contributed by atoms with Gasteiger partial charge < -0.3 is 0 Å². The van der Waals surface area contributed by atoms with E-state index in [0.29, 0.717) is 5.82 Å². The van der Waals surface area contributed by atoms with Crippen LogP contribution < -0.4 is 0 Å². The van der Waals surface area contributed by atoms with Gasteiger partial charge in [-0.05, 0) is 44.8 Å². The Bertz CT molecular complexity index is 1800. The summed E-state index contributed by atoms with van der Waals surface area (Å²) in [6.45, 7) is 0. The van der Waals surface area contributed by atoms with Crippen LogP contribution in [0.3, 0.4) is 0 Å². The summed E-state index contributed by atoms with van der Waals surface area (Å²) in [6.07, 6.45) is 3.67. The first kappa shape index (κ1) is 22.1. The van der Waals surface area contributed by atoms with E-state index >= 15 is 0 Å². The van der Waals surface area contributed by atoms with Crippen molar-refractivity contribution in [2.75, 3.05) is 0 Å². The lowest BCUT2D eigenvalue weighted by Gasteiger charge is -2.13. The van der Waals surface area contributed by atoms with Crippen LogP contribution in [0.2, 0.25) is 0 Å². The quantitative estimate of drug-likeness (QED) is 0.250. The lowest BCUT2D eigenvalue weighted by atomic mass is 9.98. The Balaban J connectivity index is 1.44. The Hall–Kier alpha value is -5.15. The highest BCUT2D eigenvalue weighted by Crippen LogP contribution is 2.34. The maximum absolute atomic E-state index is 5.11. The highest BCUT2D eigenvalue weighted by atomic mass is 14.9.